The molecule has 0 spiro atoms. The summed E-state index contributed by atoms with van der Waals surface area (Å²) in [6.07, 6.45) is 2.28. The average Bonchev–Trinajstić information content (AvgIpc) is 2.73. The normalized spacial score (nSPS) is 19.2. The maximum atomic E-state index is 9.91. The summed E-state index contributed by atoms with van der Waals surface area (Å²) in [5, 5.41) is 9.91. The van der Waals surface area contributed by atoms with Gasteiger partial charge in [-0.25, -0.2) is 0 Å². The molecule has 0 heterocycles. The lowest BCUT2D eigenvalue weighted by molar-refractivity contribution is 0.107. The first-order chi connectivity index (χ1) is 9.11. The van der Waals surface area contributed by atoms with Gasteiger partial charge in [0.05, 0.1) is 6.61 Å². The second-order valence-corrected chi connectivity index (χ2v) is 5.34. The minimum Gasteiger partial charge on any atom is -0.504 e. The highest BCUT2D eigenvalue weighted by Gasteiger charge is 2.24. The van der Waals surface area contributed by atoms with Crippen LogP contribution in [-0.4, -0.2) is 29.8 Å². The van der Waals surface area contributed by atoms with Crippen LogP contribution in [0, 0.1) is 0 Å². The highest BCUT2D eigenvalue weighted by atomic mass is 32.1. The number of benzene rings is 1. The standard InChI is InChI=1S/C14H21NO3S/c1-2-17-13(19)5-6-18-14-11-8-10(15)7-9(11)3-4-12(14)16/h3-4,10,13,16,19H,2,5-8,15H2,1H3/t10?,13-/m1/s1. The molecule has 1 unspecified atom stereocenters. The summed E-state index contributed by atoms with van der Waals surface area (Å²) >= 11 is 4.29. The van der Waals surface area contributed by atoms with Crippen LogP contribution in [0.3, 0.4) is 0 Å². The minimum atomic E-state index is -0.133. The van der Waals surface area contributed by atoms with E-state index in [0.29, 0.717) is 25.4 Å². The third kappa shape index (κ3) is 3.55. The molecule has 5 heteroatoms. The number of phenolic OH excluding ortho intramolecular Hbond substituents is 1. The maximum absolute atomic E-state index is 9.91. The first-order valence-electron chi connectivity index (χ1n) is 6.63. The van der Waals surface area contributed by atoms with Crippen LogP contribution < -0.4 is 10.5 Å². The molecule has 1 aliphatic carbocycles. The Kier molecular flexibility index (Phi) is 4.96. The SMILES string of the molecule is CCO[C@H](S)CCOc1c(O)ccc2c1CC(N)C2. The summed E-state index contributed by atoms with van der Waals surface area (Å²) < 4.78 is 11.0. The van der Waals surface area contributed by atoms with Crippen LogP contribution in [0.2, 0.25) is 0 Å². The van der Waals surface area contributed by atoms with Gasteiger partial charge >= 0.3 is 0 Å². The van der Waals surface area contributed by atoms with Gasteiger partial charge in [-0.1, -0.05) is 6.07 Å². The summed E-state index contributed by atoms with van der Waals surface area (Å²) in [5.41, 5.74) is 8.03. The van der Waals surface area contributed by atoms with Crippen molar-refractivity contribution in [3.05, 3.63) is 23.3 Å². The number of rotatable bonds is 6. The second kappa shape index (κ2) is 6.50. The fourth-order valence-electron chi connectivity index (χ4n) is 2.39. The first kappa shape index (κ1) is 14.5. The van der Waals surface area contributed by atoms with Crippen LogP contribution in [0.15, 0.2) is 12.1 Å². The smallest absolute Gasteiger partial charge is 0.164 e. The number of nitrogens with two attached hydrogens (primary N) is 1. The molecular formula is C14H21NO3S. The van der Waals surface area contributed by atoms with Crippen LogP contribution in [0.5, 0.6) is 11.5 Å². The minimum absolute atomic E-state index is 0.125. The monoisotopic (exact) mass is 283 g/mol. The molecule has 0 aromatic heterocycles. The van der Waals surface area contributed by atoms with E-state index in [2.05, 4.69) is 12.6 Å². The highest BCUT2D eigenvalue weighted by molar-refractivity contribution is 7.80. The molecule has 1 aliphatic rings. The summed E-state index contributed by atoms with van der Waals surface area (Å²) in [7, 11) is 0. The van der Waals surface area contributed by atoms with Crippen molar-refractivity contribution in [2.45, 2.75) is 37.7 Å². The molecule has 0 fully saturated rings. The molecule has 1 aromatic carbocycles. The number of thiol groups is 1. The van der Waals surface area contributed by atoms with E-state index >= 15 is 0 Å². The maximum Gasteiger partial charge on any atom is 0.164 e. The third-order valence-electron chi connectivity index (χ3n) is 3.26. The van der Waals surface area contributed by atoms with Crippen molar-refractivity contribution in [1.29, 1.82) is 0 Å². The number of hydrogen-bond acceptors (Lipinski definition) is 5. The van der Waals surface area contributed by atoms with Gasteiger partial charge in [0.1, 0.15) is 5.44 Å². The van der Waals surface area contributed by atoms with Gasteiger partial charge in [-0.3, -0.25) is 0 Å². The zero-order chi connectivity index (χ0) is 13.8. The Morgan fingerprint density at radius 2 is 2.26 bits per heavy atom. The van der Waals surface area contributed by atoms with Gasteiger partial charge in [0.25, 0.3) is 0 Å². The fourth-order valence-corrected chi connectivity index (χ4v) is 2.64. The molecule has 1 aromatic rings. The zero-order valence-electron chi connectivity index (χ0n) is 11.1. The fraction of sp³-hybridized carbons (Fsp3) is 0.571. The predicted octanol–water partition coefficient (Wildman–Crippen LogP) is 1.88. The van der Waals surface area contributed by atoms with Crippen molar-refractivity contribution < 1.29 is 14.6 Å². The third-order valence-corrected chi connectivity index (χ3v) is 3.66. The highest BCUT2D eigenvalue weighted by Crippen LogP contribution is 2.37. The number of ether oxygens (including phenoxy) is 2. The van der Waals surface area contributed by atoms with Gasteiger partial charge < -0.3 is 20.3 Å². The van der Waals surface area contributed by atoms with E-state index in [1.807, 2.05) is 13.0 Å². The van der Waals surface area contributed by atoms with Crippen molar-refractivity contribution >= 4 is 12.6 Å². The van der Waals surface area contributed by atoms with E-state index in [4.69, 9.17) is 15.2 Å². The van der Waals surface area contributed by atoms with Crippen molar-refractivity contribution in [2.24, 2.45) is 5.73 Å². The predicted molar refractivity (Wildman–Crippen MR) is 78.0 cm³/mol. The Labute approximate surface area is 119 Å². The summed E-state index contributed by atoms with van der Waals surface area (Å²) in [6.45, 7) is 3.03. The molecule has 2 atom stereocenters. The Hall–Kier alpha value is -0.910. The molecule has 0 amide bonds. The summed E-state index contributed by atoms with van der Waals surface area (Å²) in [6, 6.07) is 3.72. The Bertz CT molecular complexity index is 439. The molecule has 4 nitrogen and oxygen atoms in total. The van der Waals surface area contributed by atoms with E-state index in [1.54, 1.807) is 6.07 Å². The number of fused-ring (bicyclic) bond motifs is 1. The second-order valence-electron chi connectivity index (χ2n) is 4.77. The number of phenols is 1. The van der Waals surface area contributed by atoms with Crippen molar-refractivity contribution in [2.75, 3.05) is 13.2 Å². The van der Waals surface area contributed by atoms with Crippen LogP contribution in [0.1, 0.15) is 24.5 Å². The molecule has 106 valence electrons. The van der Waals surface area contributed by atoms with Gasteiger partial charge in [0.2, 0.25) is 0 Å². The Balaban J connectivity index is 1.99. The van der Waals surface area contributed by atoms with Gasteiger partial charge in [-0.15, -0.1) is 12.6 Å². The van der Waals surface area contributed by atoms with Crippen LogP contribution >= 0.6 is 12.6 Å². The van der Waals surface area contributed by atoms with E-state index in [1.165, 1.54) is 5.56 Å². The van der Waals surface area contributed by atoms with Crippen molar-refractivity contribution in [3.8, 4) is 11.5 Å². The number of hydrogen-bond donors (Lipinski definition) is 3. The van der Waals surface area contributed by atoms with E-state index in [-0.39, 0.29) is 17.2 Å². The molecule has 0 radical (unpaired) electrons. The van der Waals surface area contributed by atoms with Gasteiger partial charge in [0.15, 0.2) is 11.5 Å². The van der Waals surface area contributed by atoms with E-state index in [9.17, 15) is 5.11 Å². The van der Waals surface area contributed by atoms with Crippen molar-refractivity contribution in [3.63, 3.8) is 0 Å². The molecular weight excluding hydrogens is 262 g/mol. The molecule has 3 N–H and O–H groups in total. The van der Waals surface area contributed by atoms with Crippen molar-refractivity contribution in [1.82, 2.24) is 0 Å². The molecule has 0 bridgehead atoms. The topological polar surface area (TPSA) is 64.7 Å². The number of aromatic hydroxyl groups is 1. The van der Waals surface area contributed by atoms with Gasteiger partial charge in [0, 0.05) is 24.6 Å². The van der Waals surface area contributed by atoms with Gasteiger partial charge in [-0.05, 0) is 31.4 Å². The first-order valence-corrected chi connectivity index (χ1v) is 7.15. The van der Waals surface area contributed by atoms with Crippen LogP contribution in [0.4, 0.5) is 0 Å². The van der Waals surface area contributed by atoms with Crippen LogP contribution in [-0.2, 0) is 17.6 Å². The van der Waals surface area contributed by atoms with E-state index in [0.717, 1.165) is 18.4 Å². The van der Waals surface area contributed by atoms with Gasteiger partial charge in [-0.2, -0.15) is 0 Å². The molecule has 0 saturated carbocycles. The molecule has 2 rings (SSSR count). The average molecular weight is 283 g/mol. The lowest BCUT2D eigenvalue weighted by Crippen LogP contribution is -2.19. The van der Waals surface area contributed by atoms with E-state index < -0.39 is 0 Å². The zero-order valence-corrected chi connectivity index (χ0v) is 12.0. The largest absolute Gasteiger partial charge is 0.504 e. The molecule has 19 heavy (non-hydrogen) atoms. The lowest BCUT2D eigenvalue weighted by Gasteiger charge is -2.15. The Morgan fingerprint density at radius 3 is 3.00 bits per heavy atom. The lowest BCUT2D eigenvalue weighted by atomic mass is 10.1. The Morgan fingerprint density at radius 1 is 1.47 bits per heavy atom. The quantitative estimate of drug-likeness (QED) is 0.551. The van der Waals surface area contributed by atoms with Crippen LogP contribution in [0.25, 0.3) is 0 Å². The summed E-state index contributed by atoms with van der Waals surface area (Å²) in [4.78, 5) is 0. The molecule has 0 aliphatic heterocycles. The summed E-state index contributed by atoms with van der Waals surface area (Å²) in [5.74, 6) is 0.752. The molecule has 0 saturated heterocycles.